The number of hydrogen-bond acceptors (Lipinski definition) is 6. The van der Waals surface area contributed by atoms with E-state index in [2.05, 4.69) is 4.72 Å². The molecule has 0 heterocycles. The summed E-state index contributed by atoms with van der Waals surface area (Å²) in [7, 11) is -0.288. The molecule has 0 saturated carbocycles. The Bertz CT molecular complexity index is 703. The van der Waals surface area contributed by atoms with Gasteiger partial charge in [0.1, 0.15) is 6.07 Å². The van der Waals surface area contributed by atoms with Crippen LogP contribution in [0.2, 0.25) is 0 Å². The minimum Gasteiger partial charge on any atom is -0.394 e. The number of anilines is 1. The van der Waals surface area contributed by atoms with E-state index in [1.54, 1.807) is 25.1 Å². The van der Waals surface area contributed by atoms with E-state index in [4.69, 9.17) is 5.11 Å². The van der Waals surface area contributed by atoms with E-state index in [0.717, 1.165) is 5.69 Å². The van der Waals surface area contributed by atoms with E-state index < -0.39 is 27.6 Å². The molecule has 0 aliphatic carbocycles. The molecule has 0 aromatic heterocycles. The molecule has 0 bridgehead atoms. The fraction of sp³-hybridized carbons (Fsp3) is 0.400. The van der Waals surface area contributed by atoms with Crippen LogP contribution in [0.5, 0.6) is 0 Å². The number of aliphatic hydroxyl groups is 2. The quantitative estimate of drug-likeness (QED) is 0.615. The van der Waals surface area contributed by atoms with E-state index in [1.165, 1.54) is 0 Å². The minimum atomic E-state index is -4.06. The number of nitrogens with one attached hydrogen (secondary N) is 1. The number of hydrogen-bond donors (Lipinski definition) is 3. The molecule has 23 heavy (non-hydrogen) atoms. The molecule has 0 saturated heterocycles. The van der Waals surface area contributed by atoms with Crippen molar-refractivity contribution in [3.63, 3.8) is 0 Å². The molecule has 7 nitrogen and oxygen atoms in total. The van der Waals surface area contributed by atoms with Crippen LogP contribution in [-0.2, 0) is 10.0 Å². The van der Waals surface area contributed by atoms with Crippen molar-refractivity contribution in [2.24, 2.45) is 0 Å². The molecule has 1 unspecified atom stereocenters. The van der Waals surface area contributed by atoms with Crippen molar-refractivity contribution >= 4 is 21.3 Å². The molecule has 1 rings (SSSR count). The molecule has 0 amide bonds. The first-order chi connectivity index (χ1) is 10.7. The summed E-state index contributed by atoms with van der Waals surface area (Å²) >= 11 is 0. The lowest BCUT2D eigenvalue weighted by Crippen LogP contribution is -2.34. The van der Waals surface area contributed by atoms with E-state index in [9.17, 15) is 18.8 Å². The highest BCUT2D eigenvalue weighted by molar-refractivity contribution is 7.93. The molecular formula is C15H21N3O4S. The van der Waals surface area contributed by atoms with E-state index in [-0.39, 0.29) is 6.54 Å². The first-order valence-corrected chi connectivity index (χ1v) is 8.38. The van der Waals surface area contributed by atoms with Crippen LogP contribution in [0.1, 0.15) is 12.5 Å². The smallest absolute Gasteiger partial charge is 0.251 e. The first kappa shape index (κ1) is 19.1. The lowest BCUT2D eigenvalue weighted by Gasteiger charge is -2.14. The van der Waals surface area contributed by atoms with Gasteiger partial charge in [-0.25, -0.2) is 13.1 Å². The van der Waals surface area contributed by atoms with Gasteiger partial charge in [-0.3, -0.25) is 0 Å². The maximum absolute atomic E-state index is 12.2. The van der Waals surface area contributed by atoms with Crippen LogP contribution in [0, 0.1) is 11.3 Å². The molecule has 0 aliphatic heterocycles. The van der Waals surface area contributed by atoms with E-state index in [1.807, 2.05) is 31.1 Å². The maximum Gasteiger partial charge on any atom is 0.251 e. The maximum atomic E-state index is 12.2. The fourth-order valence-electron chi connectivity index (χ4n) is 1.83. The van der Waals surface area contributed by atoms with Crippen molar-refractivity contribution in [1.29, 1.82) is 5.26 Å². The second-order valence-corrected chi connectivity index (χ2v) is 6.90. The van der Waals surface area contributed by atoms with Crippen LogP contribution in [0.4, 0.5) is 5.69 Å². The monoisotopic (exact) mass is 339 g/mol. The highest BCUT2D eigenvalue weighted by Gasteiger charge is 2.22. The van der Waals surface area contributed by atoms with Gasteiger partial charge >= 0.3 is 0 Å². The molecule has 1 aromatic carbocycles. The molecule has 0 radical (unpaired) electrons. The average Bonchev–Trinajstić information content (AvgIpc) is 2.53. The number of rotatable bonds is 7. The van der Waals surface area contributed by atoms with Crippen LogP contribution in [0.3, 0.4) is 0 Å². The second kappa shape index (κ2) is 8.08. The van der Waals surface area contributed by atoms with Crippen LogP contribution < -0.4 is 9.62 Å². The fourth-order valence-corrected chi connectivity index (χ4v) is 3.03. The Morgan fingerprint density at radius 1 is 1.35 bits per heavy atom. The number of aliphatic hydroxyl groups excluding tert-OH is 2. The van der Waals surface area contributed by atoms with Crippen molar-refractivity contribution in [2.75, 3.05) is 32.1 Å². The highest BCUT2D eigenvalue weighted by atomic mass is 32.2. The first-order valence-electron chi connectivity index (χ1n) is 6.90. The van der Waals surface area contributed by atoms with Gasteiger partial charge in [-0.15, -0.1) is 0 Å². The Morgan fingerprint density at radius 2 is 1.91 bits per heavy atom. The third-order valence-electron chi connectivity index (χ3n) is 3.25. The third-order valence-corrected chi connectivity index (χ3v) is 4.73. The summed E-state index contributed by atoms with van der Waals surface area (Å²) in [6.45, 7) is 0.612. The van der Waals surface area contributed by atoms with Crippen LogP contribution in [-0.4, -0.2) is 52.0 Å². The molecule has 1 atom stereocenters. The summed E-state index contributed by atoms with van der Waals surface area (Å²) in [5.41, 5.74) is 1.87. The SMILES string of the molecule is CC(=C(C#N)S(=O)(=O)NCC(O)CO)c1ccc(N(C)C)cc1. The molecule has 0 fully saturated rings. The molecule has 126 valence electrons. The van der Waals surface area contributed by atoms with Gasteiger partial charge in [0.25, 0.3) is 10.0 Å². The molecule has 0 spiro atoms. The van der Waals surface area contributed by atoms with Gasteiger partial charge in [0, 0.05) is 26.3 Å². The Morgan fingerprint density at radius 3 is 2.35 bits per heavy atom. The number of benzene rings is 1. The zero-order valence-electron chi connectivity index (χ0n) is 13.3. The van der Waals surface area contributed by atoms with Crippen LogP contribution in [0.15, 0.2) is 29.2 Å². The minimum absolute atomic E-state index is 0.309. The lowest BCUT2D eigenvalue weighted by molar-refractivity contribution is 0.0989. The van der Waals surface area contributed by atoms with Crippen molar-refractivity contribution in [3.05, 3.63) is 34.7 Å². The van der Waals surface area contributed by atoms with Gasteiger partial charge in [0.2, 0.25) is 0 Å². The number of sulfonamides is 1. The molecule has 3 N–H and O–H groups in total. The average molecular weight is 339 g/mol. The van der Waals surface area contributed by atoms with Gasteiger partial charge in [-0.2, -0.15) is 5.26 Å². The van der Waals surface area contributed by atoms with E-state index in [0.29, 0.717) is 11.1 Å². The normalized spacial score (nSPS) is 13.9. The van der Waals surface area contributed by atoms with Crippen LogP contribution in [0.25, 0.3) is 5.57 Å². The third kappa shape index (κ3) is 5.04. The molecule has 8 heteroatoms. The van der Waals surface area contributed by atoms with E-state index >= 15 is 0 Å². The zero-order valence-corrected chi connectivity index (χ0v) is 14.1. The summed E-state index contributed by atoms with van der Waals surface area (Å²) in [6.07, 6.45) is -1.22. The zero-order chi connectivity index (χ0) is 17.6. The summed E-state index contributed by atoms with van der Waals surface area (Å²) in [6, 6.07) is 8.81. The number of allylic oxidation sites excluding steroid dienone is 2. The van der Waals surface area contributed by atoms with Gasteiger partial charge in [-0.1, -0.05) is 12.1 Å². The Labute approximate surface area is 136 Å². The Balaban J connectivity index is 3.14. The Kier molecular flexibility index (Phi) is 6.72. The van der Waals surface area contributed by atoms with Crippen molar-refractivity contribution in [3.8, 4) is 6.07 Å². The molecule has 1 aromatic rings. The second-order valence-electron chi connectivity index (χ2n) is 5.20. The summed E-state index contributed by atoms with van der Waals surface area (Å²) < 4.78 is 26.5. The van der Waals surface area contributed by atoms with Gasteiger partial charge in [0.05, 0.1) is 12.7 Å². The lowest BCUT2D eigenvalue weighted by atomic mass is 10.1. The van der Waals surface area contributed by atoms with Gasteiger partial charge in [-0.05, 0) is 30.2 Å². The summed E-state index contributed by atoms with van der Waals surface area (Å²) in [4.78, 5) is 1.49. The topological polar surface area (TPSA) is 114 Å². The molecule has 0 aliphatic rings. The van der Waals surface area contributed by atoms with Gasteiger partial charge < -0.3 is 15.1 Å². The number of nitrogens with zero attached hydrogens (tertiary/aromatic N) is 2. The predicted molar refractivity (Wildman–Crippen MR) is 89.0 cm³/mol. The molecular weight excluding hydrogens is 318 g/mol. The standard InChI is InChI=1S/C15H21N3O4S/c1-11(12-4-6-13(7-5-12)18(2)3)15(8-16)23(21,22)17-9-14(20)10-19/h4-7,14,17,19-20H,9-10H2,1-3H3. The highest BCUT2D eigenvalue weighted by Crippen LogP contribution is 2.23. The van der Waals surface area contributed by atoms with Crippen molar-refractivity contribution < 1.29 is 18.6 Å². The predicted octanol–water partition coefficient (Wildman–Crippen LogP) is 0.280. The summed E-state index contributed by atoms with van der Waals surface area (Å²) in [5.74, 6) is 0. The summed E-state index contributed by atoms with van der Waals surface area (Å²) in [5, 5.41) is 27.2. The largest absolute Gasteiger partial charge is 0.394 e. The van der Waals surface area contributed by atoms with Crippen molar-refractivity contribution in [1.82, 2.24) is 4.72 Å². The van der Waals surface area contributed by atoms with Crippen LogP contribution >= 0.6 is 0 Å². The number of nitriles is 1. The van der Waals surface area contributed by atoms with Gasteiger partial charge in [0.15, 0.2) is 4.91 Å². The van der Waals surface area contributed by atoms with Crippen molar-refractivity contribution in [2.45, 2.75) is 13.0 Å². The Hall–Kier alpha value is -1.92.